The first-order valence-electron chi connectivity index (χ1n) is 5.46. The third-order valence-electron chi connectivity index (χ3n) is 3.03. The molecule has 15 heavy (non-hydrogen) atoms. The molecule has 2 N–H and O–H groups in total. The Kier molecular flexibility index (Phi) is 2.80. The molecule has 1 aliphatic rings. The van der Waals surface area contributed by atoms with Crippen molar-refractivity contribution >= 4 is 0 Å². The van der Waals surface area contributed by atoms with Crippen molar-refractivity contribution in [3.8, 4) is 0 Å². The van der Waals surface area contributed by atoms with Crippen LogP contribution in [0.2, 0.25) is 0 Å². The Morgan fingerprint density at radius 2 is 2.27 bits per heavy atom. The number of aromatic nitrogens is 2. The van der Waals surface area contributed by atoms with Crippen LogP contribution < -0.4 is 0 Å². The standard InChI is InChI=1S/C11H18N2O2/c1-3-4-9-8(2)12-10(13-9)11(5-14)6-15-7-11/h14H,3-7H2,1-2H3,(H,12,13). The van der Waals surface area contributed by atoms with Gasteiger partial charge in [-0.1, -0.05) is 13.3 Å². The van der Waals surface area contributed by atoms with Gasteiger partial charge in [-0.25, -0.2) is 4.98 Å². The van der Waals surface area contributed by atoms with E-state index in [0.717, 1.165) is 30.1 Å². The van der Waals surface area contributed by atoms with Crippen LogP contribution in [0.4, 0.5) is 0 Å². The molecule has 0 saturated carbocycles. The van der Waals surface area contributed by atoms with Gasteiger partial charge >= 0.3 is 0 Å². The van der Waals surface area contributed by atoms with E-state index in [2.05, 4.69) is 16.9 Å². The SMILES string of the molecule is CCCc1nc(C2(CO)COC2)[nH]c1C. The van der Waals surface area contributed by atoms with Crippen LogP contribution in [0.1, 0.15) is 30.6 Å². The van der Waals surface area contributed by atoms with E-state index in [9.17, 15) is 5.11 Å². The minimum atomic E-state index is -0.267. The first kappa shape index (κ1) is 10.6. The summed E-state index contributed by atoms with van der Waals surface area (Å²) in [6.07, 6.45) is 2.08. The average molecular weight is 210 g/mol. The fraction of sp³-hybridized carbons (Fsp3) is 0.727. The molecule has 0 unspecified atom stereocenters. The highest BCUT2D eigenvalue weighted by Crippen LogP contribution is 2.30. The highest BCUT2D eigenvalue weighted by molar-refractivity contribution is 5.21. The first-order valence-corrected chi connectivity index (χ1v) is 5.46. The predicted molar refractivity (Wildman–Crippen MR) is 56.9 cm³/mol. The highest BCUT2D eigenvalue weighted by Gasteiger charge is 2.42. The number of nitrogens with zero attached hydrogens (tertiary/aromatic N) is 1. The Hall–Kier alpha value is -0.870. The van der Waals surface area contributed by atoms with Crippen molar-refractivity contribution in [1.29, 1.82) is 0 Å². The van der Waals surface area contributed by atoms with Crippen molar-refractivity contribution in [2.45, 2.75) is 32.1 Å². The molecule has 0 aliphatic carbocycles. The van der Waals surface area contributed by atoms with Crippen LogP contribution in [0.25, 0.3) is 0 Å². The number of aryl methyl sites for hydroxylation is 2. The molecule has 0 aromatic carbocycles. The molecule has 2 rings (SSSR count). The second-order valence-corrected chi connectivity index (χ2v) is 4.34. The van der Waals surface area contributed by atoms with Gasteiger partial charge in [0.1, 0.15) is 5.82 Å². The molecule has 2 heterocycles. The second kappa shape index (κ2) is 3.94. The van der Waals surface area contributed by atoms with Gasteiger partial charge < -0.3 is 14.8 Å². The fourth-order valence-electron chi connectivity index (χ4n) is 1.88. The maximum absolute atomic E-state index is 9.38. The lowest BCUT2D eigenvalue weighted by Crippen LogP contribution is -2.50. The van der Waals surface area contributed by atoms with E-state index >= 15 is 0 Å². The monoisotopic (exact) mass is 210 g/mol. The largest absolute Gasteiger partial charge is 0.395 e. The lowest BCUT2D eigenvalue weighted by Gasteiger charge is -2.37. The van der Waals surface area contributed by atoms with Crippen LogP contribution in [0.15, 0.2) is 0 Å². The van der Waals surface area contributed by atoms with E-state index in [0.29, 0.717) is 13.2 Å². The van der Waals surface area contributed by atoms with Gasteiger partial charge in [-0.3, -0.25) is 0 Å². The molecule has 0 atom stereocenters. The first-order chi connectivity index (χ1) is 7.22. The molecule has 4 heteroatoms. The number of imidazole rings is 1. The number of H-pyrrole nitrogens is 1. The predicted octanol–water partition coefficient (Wildman–Crippen LogP) is 0.931. The molecule has 1 aromatic rings. The Labute approximate surface area is 89.7 Å². The topological polar surface area (TPSA) is 58.1 Å². The zero-order chi connectivity index (χ0) is 10.9. The maximum Gasteiger partial charge on any atom is 0.119 e. The molecule has 0 radical (unpaired) electrons. The summed E-state index contributed by atoms with van der Waals surface area (Å²) >= 11 is 0. The number of hydrogen-bond acceptors (Lipinski definition) is 3. The third-order valence-corrected chi connectivity index (χ3v) is 3.03. The van der Waals surface area contributed by atoms with Crippen LogP contribution in [-0.2, 0) is 16.6 Å². The van der Waals surface area contributed by atoms with E-state index in [-0.39, 0.29) is 12.0 Å². The van der Waals surface area contributed by atoms with Gasteiger partial charge in [0.25, 0.3) is 0 Å². The maximum atomic E-state index is 9.38. The van der Waals surface area contributed by atoms with E-state index < -0.39 is 0 Å². The Morgan fingerprint density at radius 3 is 2.73 bits per heavy atom. The summed E-state index contributed by atoms with van der Waals surface area (Å²) in [7, 11) is 0. The summed E-state index contributed by atoms with van der Waals surface area (Å²) < 4.78 is 5.17. The van der Waals surface area contributed by atoms with Crippen molar-refractivity contribution in [2.24, 2.45) is 0 Å². The highest BCUT2D eigenvalue weighted by atomic mass is 16.5. The van der Waals surface area contributed by atoms with Crippen LogP contribution in [0.5, 0.6) is 0 Å². The Bertz CT molecular complexity index is 337. The van der Waals surface area contributed by atoms with Gasteiger partial charge in [0, 0.05) is 5.69 Å². The summed E-state index contributed by atoms with van der Waals surface area (Å²) in [5.41, 5.74) is 1.97. The van der Waals surface area contributed by atoms with E-state index in [1.165, 1.54) is 0 Å². The zero-order valence-electron chi connectivity index (χ0n) is 9.34. The lowest BCUT2D eigenvalue weighted by atomic mass is 9.86. The number of nitrogens with one attached hydrogen (secondary N) is 1. The number of hydrogen-bond donors (Lipinski definition) is 2. The number of aromatic amines is 1. The second-order valence-electron chi connectivity index (χ2n) is 4.34. The summed E-state index contributed by atoms with van der Waals surface area (Å²) in [5, 5.41) is 9.38. The van der Waals surface area contributed by atoms with Crippen LogP contribution in [0, 0.1) is 6.92 Å². The third kappa shape index (κ3) is 1.68. The van der Waals surface area contributed by atoms with E-state index in [4.69, 9.17) is 4.74 Å². The van der Waals surface area contributed by atoms with Crippen molar-refractivity contribution in [2.75, 3.05) is 19.8 Å². The van der Waals surface area contributed by atoms with Gasteiger partial charge in [-0.2, -0.15) is 0 Å². The van der Waals surface area contributed by atoms with Crippen LogP contribution in [-0.4, -0.2) is 34.9 Å². The Morgan fingerprint density at radius 1 is 1.53 bits per heavy atom. The molecular weight excluding hydrogens is 192 g/mol. The molecule has 1 aromatic heterocycles. The van der Waals surface area contributed by atoms with Gasteiger partial charge in [0.05, 0.1) is 30.9 Å². The molecule has 84 valence electrons. The van der Waals surface area contributed by atoms with Crippen LogP contribution in [0.3, 0.4) is 0 Å². The van der Waals surface area contributed by atoms with Crippen molar-refractivity contribution in [1.82, 2.24) is 9.97 Å². The van der Waals surface area contributed by atoms with E-state index in [1.807, 2.05) is 6.92 Å². The normalized spacial score (nSPS) is 18.9. The van der Waals surface area contributed by atoms with Crippen molar-refractivity contribution in [3.63, 3.8) is 0 Å². The number of aliphatic hydroxyl groups excluding tert-OH is 1. The van der Waals surface area contributed by atoms with Gasteiger partial charge in [0.2, 0.25) is 0 Å². The minimum absolute atomic E-state index is 0.103. The molecule has 1 aliphatic heterocycles. The summed E-state index contributed by atoms with van der Waals surface area (Å²) in [5.74, 6) is 0.886. The molecule has 0 bridgehead atoms. The van der Waals surface area contributed by atoms with Crippen molar-refractivity contribution in [3.05, 3.63) is 17.2 Å². The molecule has 4 nitrogen and oxygen atoms in total. The quantitative estimate of drug-likeness (QED) is 0.777. The summed E-state index contributed by atoms with van der Waals surface area (Å²) in [4.78, 5) is 7.84. The van der Waals surface area contributed by atoms with Crippen LogP contribution >= 0.6 is 0 Å². The van der Waals surface area contributed by atoms with Gasteiger partial charge in [-0.05, 0) is 13.3 Å². The summed E-state index contributed by atoms with van der Waals surface area (Å²) in [6, 6.07) is 0. The number of rotatable bonds is 4. The zero-order valence-corrected chi connectivity index (χ0v) is 9.34. The van der Waals surface area contributed by atoms with Gasteiger partial charge in [-0.15, -0.1) is 0 Å². The van der Waals surface area contributed by atoms with E-state index in [1.54, 1.807) is 0 Å². The molecule has 1 fully saturated rings. The van der Waals surface area contributed by atoms with Gasteiger partial charge in [0.15, 0.2) is 0 Å². The molecular formula is C11H18N2O2. The smallest absolute Gasteiger partial charge is 0.119 e. The summed E-state index contributed by atoms with van der Waals surface area (Å²) in [6.45, 7) is 5.42. The average Bonchev–Trinajstić information content (AvgIpc) is 2.48. The molecule has 0 amide bonds. The Balaban J connectivity index is 2.25. The minimum Gasteiger partial charge on any atom is -0.395 e. The number of aliphatic hydroxyl groups is 1. The fourth-order valence-corrected chi connectivity index (χ4v) is 1.88. The number of ether oxygens (including phenoxy) is 1. The molecule has 1 saturated heterocycles. The van der Waals surface area contributed by atoms with Crippen molar-refractivity contribution < 1.29 is 9.84 Å². The molecule has 0 spiro atoms. The lowest BCUT2D eigenvalue weighted by molar-refractivity contribution is -0.0881.